The minimum Gasteiger partial charge on any atom is -0.480 e. The highest BCUT2D eigenvalue weighted by atomic mass is 19.4. The maximum absolute atomic E-state index is 15.9. The molecule has 11 nitrogen and oxygen atoms in total. The van der Waals surface area contributed by atoms with Gasteiger partial charge in [-0.3, -0.25) is 4.79 Å². The van der Waals surface area contributed by atoms with Crippen molar-refractivity contribution in [3.8, 4) is 11.6 Å². The first kappa shape index (κ1) is 34.4. The Morgan fingerprint density at radius 3 is 2.47 bits per heavy atom. The van der Waals surface area contributed by atoms with Crippen molar-refractivity contribution in [2.75, 3.05) is 6.54 Å². The average molecular weight is 673 g/mol. The molecule has 1 aromatic heterocycles. The summed E-state index contributed by atoms with van der Waals surface area (Å²) in [6.07, 6.45) is -6.49. The van der Waals surface area contributed by atoms with Crippen LogP contribution in [0.4, 0.5) is 26.7 Å². The second-order valence-electron chi connectivity index (χ2n) is 13.4. The van der Waals surface area contributed by atoms with E-state index in [0.717, 1.165) is 23.1 Å². The van der Waals surface area contributed by atoms with Gasteiger partial charge in [0.15, 0.2) is 5.69 Å². The van der Waals surface area contributed by atoms with Crippen molar-refractivity contribution in [2.45, 2.75) is 103 Å². The van der Waals surface area contributed by atoms with Gasteiger partial charge in [-0.2, -0.15) is 8.78 Å². The summed E-state index contributed by atoms with van der Waals surface area (Å²) in [5, 5.41) is 12.9. The minimum absolute atomic E-state index is 0.0365. The number of benzene rings is 1. The highest BCUT2D eigenvalue weighted by molar-refractivity contribution is 5.90. The Bertz CT molecular complexity index is 1530. The smallest absolute Gasteiger partial charge is 0.480 e. The van der Waals surface area contributed by atoms with Crippen LogP contribution in [-0.4, -0.2) is 75.1 Å². The standard InChI is InChI=1S/C31H37F5N4O7/c1-5-17-21-14-40(22(17)27(42)43)26(41)24(29(2,3)4)39-28(44)46-20-12-15(20)8-6-7-11-30(32,33)23-25(45-21)38-19-13-16(47-31(34,35)36)9-10-18(19)37-23/h9-10,13,15,17,20-22,24H,5-8,11-12,14H2,1-4H3,(H,39,44)(H,42,43). The summed E-state index contributed by atoms with van der Waals surface area (Å²) >= 11 is 0. The van der Waals surface area contributed by atoms with E-state index in [4.69, 9.17) is 9.47 Å². The van der Waals surface area contributed by atoms with Crippen LogP contribution >= 0.6 is 0 Å². The number of ether oxygens (including phenoxy) is 3. The summed E-state index contributed by atoms with van der Waals surface area (Å²) < 4.78 is 86.0. The molecular weight excluding hydrogens is 635 g/mol. The Morgan fingerprint density at radius 1 is 1.11 bits per heavy atom. The normalized spacial score (nSPS) is 28.6. The number of aromatic nitrogens is 2. The molecule has 2 aromatic rings. The molecular formula is C31H37F5N4O7. The predicted octanol–water partition coefficient (Wildman–Crippen LogP) is 5.79. The zero-order chi connectivity index (χ0) is 34.5. The molecule has 1 aromatic carbocycles. The molecule has 2 fully saturated rings. The predicted molar refractivity (Wildman–Crippen MR) is 155 cm³/mol. The summed E-state index contributed by atoms with van der Waals surface area (Å²) in [6, 6.07) is 0.219. The van der Waals surface area contributed by atoms with Gasteiger partial charge in [0, 0.05) is 18.4 Å². The molecule has 2 aliphatic heterocycles. The van der Waals surface area contributed by atoms with Crippen molar-refractivity contribution in [2.24, 2.45) is 17.3 Å². The Morgan fingerprint density at radius 2 is 1.83 bits per heavy atom. The summed E-state index contributed by atoms with van der Waals surface area (Å²) in [5.74, 6) is -8.00. The largest absolute Gasteiger partial charge is 0.573 e. The number of hydrogen-bond acceptors (Lipinski definition) is 8. The lowest BCUT2D eigenvalue weighted by atomic mass is 9.85. The molecule has 5 rings (SSSR count). The molecule has 16 heteroatoms. The van der Waals surface area contributed by atoms with Gasteiger partial charge in [0.1, 0.15) is 30.0 Å². The number of carbonyl (C=O) groups is 3. The number of alkyl halides is 5. The van der Waals surface area contributed by atoms with Gasteiger partial charge >= 0.3 is 18.4 Å². The fourth-order valence-electron chi connectivity index (χ4n) is 6.35. The number of fused-ring (bicyclic) bond motifs is 5. The van der Waals surface area contributed by atoms with E-state index in [1.165, 1.54) is 0 Å². The number of alkyl carbamates (subject to hydrolysis) is 1. The number of amides is 2. The molecule has 6 atom stereocenters. The maximum atomic E-state index is 15.9. The zero-order valence-corrected chi connectivity index (χ0v) is 26.3. The topological polar surface area (TPSA) is 140 Å². The Hall–Kier alpha value is -3.98. The Labute approximate surface area is 267 Å². The van der Waals surface area contributed by atoms with Crippen LogP contribution in [0.2, 0.25) is 0 Å². The number of hydrogen-bond donors (Lipinski definition) is 2. The molecule has 6 unspecified atom stereocenters. The van der Waals surface area contributed by atoms with E-state index < -0.39 is 89.6 Å². The second kappa shape index (κ2) is 12.6. The Kier molecular flexibility index (Phi) is 9.18. The summed E-state index contributed by atoms with van der Waals surface area (Å²) in [4.78, 5) is 48.7. The van der Waals surface area contributed by atoms with Crippen LogP contribution in [0.3, 0.4) is 0 Å². The lowest BCUT2D eigenvalue weighted by Gasteiger charge is -2.34. The van der Waals surface area contributed by atoms with Crippen LogP contribution < -0.4 is 14.8 Å². The number of carbonyl (C=O) groups excluding carboxylic acids is 2. The van der Waals surface area contributed by atoms with Crippen molar-refractivity contribution in [1.29, 1.82) is 0 Å². The molecule has 1 aliphatic carbocycles. The van der Waals surface area contributed by atoms with Gasteiger partial charge in [0.25, 0.3) is 5.92 Å². The Balaban J connectivity index is 1.59. The van der Waals surface area contributed by atoms with Crippen LogP contribution in [0.25, 0.3) is 11.0 Å². The highest BCUT2D eigenvalue weighted by Crippen LogP contribution is 2.43. The fraction of sp³-hybridized carbons (Fsp3) is 0.645. The van der Waals surface area contributed by atoms with E-state index in [0.29, 0.717) is 19.3 Å². The van der Waals surface area contributed by atoms with E-state index in [9.17, 15) is 32.7 Å². The summed E-state index contributed by atoms with van der Waals surface area (Å²) in [5.41, 5.74) is -2.11. The molecule has 47 heavy (non-hydrogen) atoms. The lowest BCUT2D eigenvalue weighted by molar-refractivity contribution is -0.274. The number of carboxylic acid groups (broad SMARTS) is 1. The maximum Gasteiger partial charge on any atom is 0.573 e. The monoisotopic (exact) mass is 672 g/mol. The molecule has 3 aliphatic rings. The van der Waals surface area contributed by atoms with Crippen molar-refractivity contribution in [1.82, 2.24) is 20.2 Å². The minimum atomic E-state index is -5.02. The van der Waals surface area contributed by atoms with Crippen molar-refractivity contribution in [3.05, 3.63) is 23.9 Å². The number of rotatable bonds is 3. The molecule has 0 radical (unpaired) electrons. The van der Waals surface area contributed by atoms with Gasteiger partial charge in [-0.25, -0.2) is 19.6 Å². The van der Waals surface area contributed by atoms with Crippen LogP contribution in [0.5, 0.6) is 11.6 Å². The average Bonchev–Trinajstić information content (AvgIpc) is 3.58. The number of nitrogens with one attached hydrogen (secondary N) is 1. The van der Waals surface area contributed by atoms with Gasteiger partial charge in [-0.1, -0.05) is 34.1 Å². The zero-order valence-electron chi connectivity index (χ0n) is 26.3. The van der Waals surface area contributed by atoms with Gasteiger partial charge in [-0.15, -0.1) is 13.2 Å². The third-order valence-electron chi connectivity index (χ3n) is 8.86. The molecule has 1 saturated carbocycles. The van der Waals surface area contributed by atoms with E-state index in [2.05, 4.69) is 20.0 Å². The fourth-order valence-corrected chi connectivity index (χ4v) is 6.35. The number of aliphatic carboxylic acids is 1. The van der Waals surface area contributed by atoms with E-state index in [-0.39, 0.29) is 36.3 Å². The number of halogens is 5. The van der Waals surface area contributed by atoms with Crippen molar-refractivity contribution in [3.63, 3.8) is 0 Å². The highest BCUT2D eigenvalue weighted by Gasteiger charge is 2.52. The molecule has 1 saturated heterocycles. The van der Waals surface area contributed by atoms with Crippen LogP contribution in [0.1, 0.15) is 71.9 Å². The molecule has 258 valence electrons. The van der Waals surface area contributed by atoms with E-state index >= 15 is 8.78 Å². The lowest BCUT2D eigenvalue weighted by Crippen LogP contribution is -2.57. The number of nitrogens with zero attached hydrogens (tertiary/aromatic N) is 3. The van der Waals surface area contributed by atoms with E-state index in [1.54, 1.807) is 27.7 Å². The molecule has 2 bridgehead atoms. The third-order valence-corrected chi connectivity index (χ3v) is 8.86. The van der Waals surface area contributed by atoms with Crippen LogP contribution in [0, 0.1) is 17.3 Å². The van der Waals surface area contributed by atoms with Crippen molar-refractivity contribution < 1.29 is 55.7 Å². The first-order chi connectivity index (χ1) is 21.9. The van der Waals surface area contributed by atoms with Gasteiger partial charge in [0.2, 0.25) is 11.8 Å². The SMILES string of the molecule is CCC1C2CN(C(=O)C(C(C)(C)C)NC(=O)OC3CC3CCCCC(F)(F)c3nc4ccc(OC(F)(F)F)cc4nc3O2)C1C(=O)O. The summed E-state index contributed by atoms with van der Waals surface area (Å²) in [7, 11) is 0. The molecule has 2 N–H and O–H groups in total. The first-order valence-electron chi connectivity index (χ1n) is 15.5. The molecule has 3 heterocycles. The molecule has 0 spiro atoms. The van der Waals surface area contributed by atoms with Gasteiger partial charge in [-0.05, 0) is 49.1 Å². The second-order valence-corrected chi connectivity index (χ2v) is 13.4. The first-order valence-corrected chi connectivity index (χ1v) is 15.5. The van der Waals surface area contributed by atoms with E-state index in [1.807, 2.05) is 0 Å². The van der Waals surface area contributed by atoms with Crippen LogP contribution in [0.15, 0.2) is 18.2 Å². The van der Waals surface area contributed by atoms with Gasteiger partial charge < -0.3 is 29.5 Å². The third kappa shape index (κ3) is 7.61. The molecule has 2 amide bonds. The quantitative estimate of drug-likeness (QED) is 0.388. The van der Waals surface area contributed by atoms with Crippen molar-refractivity contribution >= 4 is 29.0 Å². The number of carboxylic acids is 1. The van der Waals surface area contributed by atoms with Crippen LogP contribution in [-0.2, 0) is 20.2 Å². The van der Waals surface area contributed by atoms with Gasteiger partial charge in [0.05, 0.1) is 17.6 Å². The summed E-state index contributed by atoms with van der Waals surface area (Å²) in [6.45, 7) is 6.34.